The molecule has 0 bridgehead atoms. The van der Waals surface area contributed by atoms with Crippen LogP contribution in [-0.2, 0) is 15.1 Å². The van der Waals surface area contributed by atoms with E-state index < -0.39 is 5.60 Å². The molecule has 0 amide bonds. The van der Waals surface area contributed by atoms with E-state index in [2.05, 4.69) is 67.6 Å². The minimum Gasteiger partial charge on any atom is -0.497 e. The lowest BCUT2D eigenvalue weighted by Gasteiger charge is -2.36. The fourth-order valence-electron chi connectivity index (χ4n) is 4.04. The molecule has 0 unspecified atom stereocenters. The van der Waals surface area contributed by atoms with Gasteiger partial charge in [0.15, 0.2) is 0 Å². The molecular formula is C29H36O3S. The third kappa shape index (κ3) is 6.86. The van der Waals surface area contributed by atoms with Crippen molar-refractivity contribution >= 4 is 12.6 Å². The Hall–Kier alpha value is -2.27. The molecule has 0 radical (unpaired) electrons. The summed E-state index contributed by atoms with van der Waals surface area (Å²) in [6, 6.07) is 28.9. The van der Waals surface area contributed by atoms with Gasteiger partial charge in [0.25, 0.3) is 0 Å². The monoisotopic (exact) mass is 464 g/mol. The van der Waals surface area contributed by atoms with E-state index in [4.69, 9.17) is 26.8 Å². The van der Waals surface area contributed by atoms with E-state index >= 15 is 0 Å². The molecule has 0 aliphatic heterocycles. The zero-order valence-electron chi connectivity index (χ0n) is 19.8. The van der Waals surface area contributed by atoms with Gasteiger partial charge in [0.2, 0.25) is 0 Å². The number of ether oxygens (including phenoxy) is 3. The first-order valence-electron chi connectivity index (χ1n) is 11.9. The average Bonchev–Trinajstić information content (AvgIpc) is 2.88. The predicted molar refractivity (Wildman–Crippen MR) is 139 cm³/mol. The van der Waals surface area contributed by atoms with Gasteiger partial charge >= 0.3 is 0 Å². The molecular weight excluding hydrogens is 428 g/mol. The highest BCUT2D eigenvalue weighted by Crippen LogP contribution is 2.41. The molecule has 0 heterocycles. The lowest BCUT2D eigenvalue weighted by Crippen LogP contribution is -2.35. The summed E-state index contributed by atoms with van der Waals surface area (Å²) in [7, 11) is 1.68. The first-order valence-corrected chi connectivity index (χ1v) is 12.4. The van der Waals surface area contributed by atoms with Gasteiger partial charge in [-0.15, -0.1) is 0 Å². The highest BCUT2D eigenvalue weighted by molar-refractivity contribution is 7.81. The number of hydrogen-bond donors (Lipinski definition) is 1. The van der Waals surface area contributed by atoms with Crippen molar-refractivity contribution in [3.8, 4) is 5.75 Å². The Bertz CT molecular complexity index is 873. The van der Waals surface area contributed by atoms with Gasteiger partial charge in [0, 0.05) is 11.9 Å². The van der Waals surface area contributed by atoms with Crippen LogP contribution in [0.15, 0.2) is 84.9 Å². The fraction of sp³-hybridized carbons (Fsp3) is 0.379. The maximum absolute atomic E-state index is 6.82. The molecule has 0 spiro atoms. The first-order chi connectivity index (χ1) is 16.2. The van der Waals surface area contributed by atoms with Crippen molar-refractivity contribution in [3.63, 3.8) is 0 Å². The largest absolute Gasteiger partial charge is 0.497 e. The highest BCUT2D eigenvalue weighted by atomic mass is 32.1. The number of benzene rings is 3. The molecule has 0 aromatic heterocycles. The Morgan fingerprint density at radius 1 is 0.727 bits per heavy atom. The number of rotatable bonds is 14. The molecule has 0 saturated heterocycles. The number of methoxy groups -OCH3 is 1. The van der Waals surface area contributed by atoms with E-state index in [1.54, 1.807) is 7.11 Å². The summed E-state index contributed by atoms with van der Waals surface area (Å²) in [5, 5.41) is -0.0266. The smallest absolute Gasteiger partial charge is 0.143 e. The van der Waals surface area contributed by atoms with Crippen LogP contribution in [0, 0.1) is 0 Å². The fourth-order valence-corrected chi connectivity index (χ4v) is 4.22. The molecule has 3 rings (SSSR count). The van der Waals surface area contributed by atoms with Crippen molar-refractivity contribution in [1.82, 2.24) is 0 Å². The SMILES string of the molecule is CCCCCCOC[C@@H](S)COC(c1ccccc1)(c1ccccc1)c1ccc(OC)cc1. The lowest BCUT2D eigenvalue weighted by atomic mass is 9.80. The molecule has 1 atom stereocenters. The Morgan fingerprint density at radius 2 is 1.30 bits per heavy atom. The first kappa shape index (κ1) is 25.4. The molecule has 0 saturated carbocycles. The van der Waals surface area contributed by atoms with Crippen LogP contribution in [0.1, 0.15) is 49.3 Å². The third-order valence-corrected chi connectivity index (χ3v) is 6.10. The van der Waals surface area contributed by atoms with E-state index in [-0.39, 0.29) is 5.25 Å². The van der Waals surface area contributed by atoms with Crippen molar-refractivity contribution in [2.75, 3.05) is 26.9 Å². The van der Waals surface area contributed by atoms with E-state index in [0.717, 1.165) is 35.5 Å². The summed E-state index contributed by atoms with van der Waals surface area (Å²) in [6.45, 7) is 4.01. The second kappa shape index (κ2) is 13.4. The Kier molecular flexibility index (Phi) is 10.3. The minimum absolute atomic E-state index is 0.0266. The van der Waals surface area contributed by atoms with Crippen molar-refractivity contribution in [2.45, 2.75) is 43.5 Å². The van der Waals surface area contributed by atoms with Gasteiger partial charge in [-0.1, -0.05) is 99.0 Å². The number of unbranched alkanes of at least 4 members (excludes halogenated alkanes) is 3. The molecule has 0 fully saturated rings. The van der Waals surface area contributed by atoms with Crippen molar-refractivity contribution in [1.29, 1.82) is 0 Å². The second-order valence-electron chi connectivity index (χ2n) is 8.24. The van der Waals surface area contributed by atoms with Crippen LogP contribution in [0.5, 0.6) is 5.75 Å². The van der Waals surface area contributed by atoms with Crippen LogP contribution in [0.25, 0.3) is 0 Å². The van der Waals surface area contributed by atoms with Crippen LogP contribution in [0.4, 0.5) is 0 Å². The van der Waals surface area contributed by atoms with Crippen molar-refractivity contribution in [2.24, 2.45) is 0 Å². The average molecular weight is 465 g/mol. The van der Waals surface area contributed by atoms with E-state index in [1.807, 2.05) is 24.3 Å². The lowest BCUT2D eigenvalue weighted by molar-refractivity contribution is 0.00269. The Balaban J connectivity index is 1.86. The molecule has 33 heavy (non-hydrogen) atoms. The maximum Gasteiger partial charge on any atom is 0.143 e. The topological polar surface area (TPSA) is 27.7 Å². The molecule has 3 nitrogen and oxygen atoms in total. The summed E-state index contributed by atoms with van der Waals surface area (Å²) in [5.74, 6) is 0.817. The zero-order chi connectivity index (χ0) is 23.4. The zero-order valence-corrected chi connectivity index (χ0v) is 20.7. The standard InChI is InChI=1S/C29H36O3S/c1-3-4-5-12-21-31-22-28(33)23-32-29(24-13-8-6-9-14-24,25-15-10-7-11-16-25)26-17-19-27(30-2)20-18-26/h6-11,13-20,28,33H,3-5,12,21-23H2,1-2H3/t28-/m1/s1. The summed E-state index contributed by atoms with van der Waals surface area (Å²) >= 11 is 4.78. The molecule has 3 aromatic rings. The van der Waals surface area contributed by atoms with Gasteiger partial charge in [-0.3, -0.25) is 0 Å². The molecule has 0 aliphatic rings. The van der Waals surface area contributed by atoms with Crippen LogP contribution >= 0.6 is 12.6 Å². The van der Waals surface area contributed by atoms with Gasteiger partial charge in [-0.2, -0.15) is 12.6 Å². The van der Waals surface area contributed by atoms with E-state index in [1.165, 1.54) is 19.3 Å². The molecule has 0 aliphatic carbocycles. The summed E-state index contributed by atoms with van der Waals surface area (Å²) in [6.07, 6.45) is 4.80. The summed E-state index contributed by atoms with van der Waals surface area (Å²) in [5.41, 5.74) is 2.42. The third-order valence-electron chi connectivity index (χ3n) is 5.80. The quantitative estimate of drug-likeness (QED) is 0.160. The number of hydrogen-bond acceptors (Lipinski definition) is 4. The van der Waals surface area contributed by atoms with Crippen LogP contribution < -0.4 is 4.74 Å². The summed E-state index contributed by atoms with van der Waals surface area (Å²) < 4.78 is 18.1. The highest BCUT2D eigenvalue weighted by Gasteiger charge is 2.38. The normalized spacial score (nSPS) is 12.5. The molecule has 3 aromatic carbocycles. The van der Waals surface area contributed by atoms with Gasteiger partial charge in [0.1, 0.15) is 11.4 Å². The predicted octanol–water partition coefficient (Wildman–Crippen LogP) is 6.90. The minimum atomic E-state index is -0.767. The molecule has 4 heteroatoms. The van der Waals surface area contributed by atoms with Crippen molar-refractivity contribution < 1.29 is 14.2 Å². The van der Waals surface area contributed by atoms with Gasteiger partial charge in [-0.25, -0.2) is 0 Å². The second-order valence-corrected chi connectivity index (χ2v) is 8.97. The van der Waals surface area contributed by atoms with Crippen molar-refractivity contribution in [3.05, 3.63) is 102 Å². The molecule has 0 N–H and O–H groups in total. The van der Waals surface area contributed by atoms with Gasteiger partial charge in [-0.05, 0) is 35.2 Å². The van der Waals surface area contributed by atoms with Gasteiger partial charge < -0.3 is 14.2 Å². The van der Waals surface area contributed by atoms with Crippen LogP contribution in [0.3, 0.4) is 0 Å². The van der Waals surface area contributed by atoms with Crippen LogP contribution in [-0.4, -0.2) is 32.2 Å². The Labute approximate surface area is 204 Å². The van der Waals surface area contributed by atoms with Crippen LogP contribution in [0.2, 0.25) is 0 Å². The molecule has 176 valence electrons. The van der Waals surface area contributed by atoms with Gasteiger partial charge in [0.05, 0.1) is 20.3 Å². The summed E-state index contributed by atoms with van der Waals surface area (Å²) in [4.78, 5) is 0. The Morgan fingerprint density at radius 3 is 1.85 bits per heavy atom. The number of thiol groups is 1. The van der Waals surface area contributed by atoms with E-state index in [0.29, 0.717) is 13.2 Å². The van der Waals surface area contributed by atoms with E-state index in [9.17, 15) is 0 Å². The maximum atomic E-state index is 6.82.